The summed E-state index contributed by atoms with van der Waals surface area (Å²) in [6.07, 6.45) is 7.51. The molecule has 0 saturated carbocycles. The molecule has 1 N–H and O–H groups in total. The van der Waals surface area contributed by atoms with Gasteiger partial charge in [-0.25, -0.2) is 0 Å². The summed E-state index contributed by atoms with van der Waals surface area (Å²) in [6.45, 7) is 2.18. The van der Waals surface area contributed by atoms with Crippen LogP contribution in [-0.2, 0) is 16.5 Å². The SMILES string of the molecule is CCCCCCCCc1c([O-])cccc1Oc1ccc(S(=O)(=O)O)cc1.[K+]. The molecular formula is C20H25KO5S. The van der Waals surface area contributed by atoms with Crippen molar-refractivity contribution in [3.8, 4) is 17.2 Å². The van der Waals surface area contributed by atoms with Gasteiger partial charge in [0.15, 0.2) is 0 Å². The summed E-state index contributed by atoms with van der Waals surface area (Å²) in [6, 6.07) is 10.3. The van der Waals surface area contributed by atoms with Crippen molar-refractivity contribution < 1.29 is 74.2 Å². The third-order valence-corrected chi connectivity index (χ3v) is 5.09. The maximum absolute atomic E-state index is 12.2. The maximum atomic E-state index is 12.2. The molecule has 0 amide bonds. The zero-order valence-electron chi connectivity index (χ0n) is 16.0. The van der Waals surface area contributed by atoms with Crippen LogP contribution in [0.25, 0.3) is 0 Å². The Morgan fingerprint density at radius 2 is 1.59 bits per heavy atom. The summed E-state index contributed by atoms with van der Waals surface area (Å²) in [4.78, 5) is -0.199. The number of hydrogen-bond acceptors (Lipinski definition) is 4. The molecular weight excluding hydrogens is 391 g/mol. The first-order valence-electron chi connectivity index (χ1n) is 8.96. The normalized spacial score (nSPS) is 11.0. The van der Waals surface area contributed by atoms with Gasteiger partial charge in [0.25, 0.3) is 10.1 Å². The predicted octanol–water partition coefficient (Wildman–Crippen LogP) is 1.71. The van der Waals surface area contributed by atoms with Crippen LogP contribution in [0.3, 0.4) is 0 Å². The monoisotopic (exact) mass is 416 g/mol. The number of unbranched alkanes of at least 4 members (excludes halogenated alkanes) is 5. The maximum Gasteiger partial charge on any atom is 1.00 e. The van der Waals surface area contributed by atoms with Gasteiger partial charge < -0.3 is 9.84 Å². The van der Waals surface area contributed by atoms with E-state index in [2.05, 4.69) is 6.92 Å². The minimum absolute atomic E-state index is 0. The van der Waals surface area contributed by atoms with Crippen LogP contribution in [-0.4, -0.2) is 13.0 Å². The van der Waals surface area contributed by atoms with Gasteiger partial charge in [-0.1, -0.05) is 51.2 Å². The topological polar surface area (TPSA) is 86.7 Å². The smallest absolute Gasteiger partial charge is 0.872 e. The molecule has 0 fully saturated rings. The van der Waals surface area contributed by atoms with E-state index in [4.69, 9.17) is 9.29 Å². The fourth-order valence-corrected chi connectivity index (χ4v) is 3.26. The molecule has 0 unspecified atom stereocenters. The fourth-order valence-electron chi connectivity index (χ4n) is 2.78. The van der Waals surface area contributed by atoms with Crippen molar-refractivity contribution in [2.24, 2.45) is 0 Å². The Bertz CT molecular complexity index is 804. The molecule has 0 aliphatic rings. The molecule has 0 heterocycles. The Labute approximate surface area is 204 Å². The second-order valence-electron chi connectivity index (χ2n) is 6.30. The molecule has 2 aromatic rings. The van der Waals surface area contributed by atoms with E-state index in [0.717, 1.165) is 12.8 Å². The Morgan fingerprint density at radius 1 is 0.963 bits per heavy atom. The quantitative estimate of drug-likeness (QED) is 0.362. The molecule has 0 aromatic heterocycles. The van der Waals surface area contributed by atoms with E-state index in [-0.39, 0.29) is 62.0 Å². The summed E-state index contributed by atoms with van der Waals surface area (Å²) in [5.74, 6) is 0.850. The minimum Gasteiger partial charge on any atom is -0.872 e. The molecule has 0 bridgehead atoms. The molecule has 0 atom stereocenters. The Balaban J connectivity index is 0.00000364. The average Bonchev–Trinajstić information content (AvgIpc) is 2.59. The van der Waals surface area contributed by atoms with E-state index < -0.39 is 10.1 Å². The largest absolute Gasteiger partial charge is 1.00 e. The summed E-state index contributed by atoms with van der Waals surface area (Å²) in [5, 5.41) is 12.2. The van der Waals surface area contributed by atoms with Crippen molar-refractivity contribution in [2.45, 2.75) is 56.8 Å². The summed E-state index contributed by atoms with van der Waals surface area (Å²) < 4.78 is 37.0. The zero-order valence-corrected chi connectivity index (χ0v) is 19.9. The summed E-state index contributed by atoms with van der Waals surface area (Å²) >= 11 is 0. The van der Waals surface area contributed by atoms with Crippen LogP contribution in [0.2, 0.25) is 0 Å². The standard InChI is InChI=1S/C20H26O5S.K/c1-2-3-4-5-6-7-9-18-19(21)10-8-11-20(18)25-16-12-14-17(15-13-16)26(22,23)24;/h8,10-15,21H,2-7,9H2,1H3,(H,22,23,24);/q;+1/p-1. The molecule has 0 aliphatic heterocycles. The van der Waals surface area contributed by atoms with Gasteiger partial charge in [-0.15, -0.1) is 5.75 Å². The van der Waals surface area contributed by atoms with E-state index in [0.29, 0.717) is 23.5 Å². The molecule has 0 spiro atoms. The molecule has 142 valence electrons. The van der Waals surface area contributed by atoms with E-state index >= 15 is 0 Å². The molecule has 0 aliphatic carbocycles. The van der Waals surface area contributed by atoms with Crippen LogP contribution < -0.4 is 61.2 Å². The Kier molecular flexibility index (Phi) is 11.1. The first kappa shape index (κ1) is 24.6. The van der Waals surface area contributed by atoms with Crippen molar-refractivity contribution in [1.29, 1.82) is 0 Å². The first-order chi connectivity index (χ1) is 12.4. The van der Waals surface area contributed by atoms with Gasteiger partial charge >= 0.3 is 51.4 Å². The molecule has 0 radical (unpaired) electrons. The van der Waals surface area contributed by atoms with Crippen LogP contribution >= 0.6 is 0 Å². The van der Waals surface area contributed by atoms with Gasteiger partial charge in [0, 0.05) is 0 Å². The van der Waals surface area contributed by atoms with E-state index in [9.17, 15) is 13.5 Å². The van der Waals surface area contributed by atoms with Crippen LogP contribution in [0, 0.1) is 0 Å². The number of hydrogen-bond donors (Lipinski definition) is 1. The Hall–Kier alpha value is -0.414. The molecule has 5 nitrogen and oxygen atoms in total. The minimum atomic E-state index is -4.23. The second-order valence-corrected chi connectivity index (χ2v) is 7.72. The van der Waals surface area contributed by atoms with Gasteiger partial charge in [-0.2, -0.15) is 8.42 Å². The average molecular weight is 417 g/mol. The van der Waals surface area contributed by atoms with Crippen LogP contribution in [0.1, 0.15) is 51.0 Å². The fraction of sp³-hybridized carbons (Fsp3) is 0.400. The van der Waals surface area contributed by atoms with Gasteiger partial charge in [0.1, 0.15) is 11.5 Å². The summed E-state index contributed by atoms with van der Waals surface area (Å²) in [7, 11) is -4.23. The third-order valence-electron chi connectivity index (χ3n) is 4.22. The molecule has 7 heteroatoms. The van der Waals surface area contributed by atoms with Gasteiger partial charge in [-0.3, -0.25) is 4.55 Å². The van der Waals surface area contributed by atoms with Crippen molar-refractivity contribution in [2.75, 3.05) is 0 Å². The number of ether oxygens (including phenoxy) is 1. The first-order valence-corrected chi connectivity index (χ1v) is 10.4. The van der Waals surface area contributed by atoms with Crippen molar-refractivity contribution in [1.82, 2.24) is 0 Å². The van der Waals surface area contributed by atoms with Crippen LogP contribution in [0.5, 0.6) is 17.2 Å². The summed E-state index contributed by atoms with van der Waals surface area (Å²) in [5.41, 5.74) is 0.641. The van der Waals surface area contributed by atoms with E-state index in [1.54, 1.807) is 12.1 Å². The van der Waals surface area contributed by atoms with Crippen molar-refractivity contribution in [3.05, 3.63) is 48.0 Å². The molecule has 2 rings (SSSR count). The van der Waals surface area contributed by atoms with Gasteiger partial charge in [-0.05, 0) is 48.7 Å². The number of rotatable bonds is 10. The second kappa shape index (κ2) is 12.2. The molecule has 2 aromatic carbocycles. The third kappa shape index (κ3) is 8.23. The zero-order chi connectivity index (χ0) is 19.0. The predicted molar refractivity (Wildman–Crippen MR) is 99.3 cm³/mol. The van der Waals surface area contributed by atoms with Crippen molar-refractivity contribution >= 4 is 10.1 Å². The van der Waals surface area contributed by atoms with Gasteiger partial charge in [0.05, 0.1) is 4.90 Å². The van der Waals surface area contributed by atoms with Crippen LogP contribution in [0.15, 0.2) is 47.4 Å². The Morgan fingerprint density at radius 3 is 2.22 bits per heavy atom. The van der Waals surface area contributed by atoms with E-state index in [1.807, 2.05) is 0 Å². The van der Waals surface area contributed by atoms with E-state index in [1.165, 1.54) is 56.0 Å². The molecule has 27 heavy (non-hydrogen) atoms. The van der Waals surface area contributed by atoms with Crippen LogP contribution in [0.4, 0.5) is 0 Å². The molecule has 0 saturated heterocycles. The van der Waals surface area contributed by atoms with Gasteiger partial charge in [0.2, 0.25) is 0 Å². The number of benzene rings is 2. The van der Waals surface area contributed by atoms with Crippen molar-refractivity contribution in [3.63, 3.8) is 0 Å².